The summed E-state index contributed by atoms with van der Waals surface area (Å²) in [5, 5.41) is 9.33. The summed E-state index contributed by atoms with van der Waals surface area (Å²) in [6.07, 6.45) is 0. The number of hydrogen-bond acceptors (Lipinski definition) is 4. The minimum absolute atomic E-state index is 0.204. The molecule has 0 fully saturated rings. The average molecular weight is 254 g/mol. The van der Waals surface area contributed by atoms with E-state index in [1.54, 1.807) is 36.4 Å². The Morgan fingerprint density at radius 1 is 0.947 bits per heavy atom. The third-order valence-electron chi connectivity index (χ3n) is 2.88. The van der Waals surface area contributed by atoms with E-state index in [1.807, 2.05) is 18.2 Å². The maximum absolute atomic E-state index is 12.2. The molecule has 4 heteroatoms. The molecule has 1 aromatic heterocycles. The van der Waals surface area contributed by atoms with Crippen LogP contribution >= 0.6 is 0 Å². The van der Waals surface area contributed by atoms with Gasteiger partial charge in [-0.2, -0.15) is 0 Å². The molecule has 0 amide bonds. The summed E-state index contributed by atoms with van der Waals surface area (Å²) in [6.45, 7) is 0. The normalized spacial score (nSPS) is 10.6. The quantitative estimate of drug-likeness (QED) is 0.563. The molecule has 0 unspecified atom stereocenters. The van der Waals surface area contributed by atoms with Gasteiger partial charge in [0.25, 0.3) is 5.75 Å². The second-order valence-corrected chi connectivity index (χ2v) is 4.04. The summed E-state index contributed by atoms with van der Waals surface area (Å²) < 4.78 is 5.67. The Kier molecular flexibility index (Phi) is 2.78. The van der Waals surface area contributed by atoms with Crippen LogP contribution in [-0.2, 0) is 0 Å². The Hall–Kier alpha value is -2.59. The summed E-state index contributed by atoms with van der Waals surface area (Å²) in [6, 6.07) is 15.8. The van der Waals surface area contributed by atoms with Gasteiger partial charge in [-0.1, -0.05) is 42.5 Å². The first-order chi connectivity index (χ1) is 9.31. The van der Waals surface area contributed by atoms with Crippen molar-refractivity contribution in [1.82, 2.24) is 0 Å². The number of hydrogen-bond donors (Lipinski definition) is 1. The molecule has 1 heterocycles. The number of para-hydroxylation sites is 1. The zero-order valence-electron chi connectivity index (χ0n) is 9.87. The van der Waals surface area contributed by atoms with E-state index >= 15 is 0 Å². The molecule has 0 saturated heterocycles. The fourth-order valence-corrected chi connectivity index (χ4v) is 1.99. The fourth-order valence-electron chi connectivity index (χ4n) is 1.99. The van der Waals surface area contributed by atoms with Crippen LogP contribution in [0.25, 0.3) is 22.3 Å². The lowest BCUT2D eigenvalue weighted by atomic mass is 10.1. The molecule has 0 spiro atoms. The van der Waals surface area contributed by atoms with E-state index in [1.165, 1.54) is 0 Å². The van der Waals surface area contributed by atoms with E-state index in [-0.39, 0.29) is 11.5 Å². The first-order valence-corrected chi connectivity index (χ1v) is 5.74. The van der Waals surface area contributed by atoms with Crippen LogP contribution in [0.1, 0.15) is 0 Å². The molecule has 4 nitrogen and oxygen atoms in total. The van der Waals surface area contributed by atoms with Crippen molar-refractivity contribution in [2.75, 3.05) is 0 Å². The molecule has 2 aromatic carbocycles. The van der Waals surface area contributed by atoms with Gasteiger partial charge < -0.3 is 9.30 Å². The predicted octanol–water partition coefficient (Wildman–Crippen LogP) is 3.31. The Morgan fingerprint density at radius 2 is 1.63 bits per heavy atom. The zero-order valence-corrected chi connectivity index (χ0v) is 9.87. The summed E-state index contributed by atoms with van der Waals surface area (Å²) in [5.41, 5.74) is 0.713. The highest BCUT2D eigenvalue weighted by Gasteiger charge is 2.17. The van der Waals surface area contributed by atoms with E-state index in [4.69, 9.17) is 9.67 Å². The molecule has 0 bridgehead atoms. The number of fused-ring (bicyclic) bond motifs is 1. The smallest absolute Gasteiger partial charge is 0.255 e. The van der Waals surface area contributed by atoms with Gasteiger partial charge in [0.1, 0.15) is 5.58 Å². The molecule has 94 valence electrons. The van der Waals surface area contributed by atoms with Crippen LogP contribution in [0.5, 0.6) is 5.75 Å². The highest BCUT2D eigenvalue weighted by Crippen LogP contribution is 2.30. The highest BCUT2D eigenvalue weighted by atomic mass is 17.1. The summed E-state index contributed by atoms with van der Waals surface area (Å²) in [5.74, 6) is 0.0108. The van der Waals surface area contributed by atoms with E-state index in [0.29, 0.717) is 16.5 Å². The lowest BCUT2D eigenvalue weighted by Gasteiger charge is -2.06. The van der Waals surface area contributed by atoms with Crippen molar-refractivity contribution >= 4 is 11.0 Å². The van der Waals surface area contributed by atoms with Crippen LogP contribution in [-0.4, -0.2) is 5.26 Å². The van der Waals surface area contributed by atoms with E-state index in [0.717, 1.165) is 0 Å². The third kappa shape index (κ3) is 1.88. The van der Waals surface area contributed by atoms with Gasteiger partial charge in [0.2, 0.25) is 5.43 Å². The largest absolute Gasteiger partial charge is 0.452 e. The summed E-state index contributed by atoms with van der Waals surface area (Å²) in [7, 11) is 0. The van der Waals surface area contributed by atoms with Crippen molar-refractivity contribution in [3.63, 3.8) is 0 Å². The summed E-state index contributed by atoms with van der Waals surface area (Å²) in [4.78, 5) is 16.4. The van der Waals surface area contributed by atoms with Crippen LogP contribution in [0.3, 0.4) is 0 Å². The van der Waals surface area contributed by atoms with Crippen molar-refractivity contribution in [1.29, 1.82) is 0 Å². The number of benzene rings is 2. The maximum atomic E-state index is 12.2. The van der Waals surface area contributed by atoms with Gasteiger partial charge in [-0.3, -0.25) is 4.79 Å². The lowest BCUT2D eigenvalue weighted by molar-refractivity contribution is -0.138. The van der Waals surface area contributed by atoms with Gasteiger partial charge >= 0.3 is 0 Å². The SMILES string of the molecule is O=c1c(OO)c(-c2ccccc2)oc2ccccc12. The second-order valence-electron chi connectivity index (χ2n) is 4.04. The van der Waals surface area contributed by atoms with Crippen molar-refractivity contribution in [2.45, 2.75) is 0 Å². The van der Waals surface area contributed by atoms with Gasteiger partial charge in [-0.05, 0) is 12.1 Å². The molecule has 0 aliphatic heterocycles. The van der Waals surface area contributed by atoms with Crippen LogP contribution in [0.4, 0.5) is 0 Å². The second kappa shape index (κ2) is 4.59. The topological polar surface area (TPSA) is 59.7 Å². The van der Waals surface area contributed by atoms with Crippen LogP contribution in [0.15, 0.2) is 63.8 Å². The van der Waals surface area contributed by atoms with Gasteiger partial charge in [-0.15, -0.1) is 0 Å². The Morgan fingerprint density at radius 3 is 2.37 bits per heavy atom. The Bertz CT molecular complexity index is 775. The number of rotatable bonds is 2. The predicted molar refractivity (Wildman–Crippen MR) is 71.2 cm³/mol. The van der Waals surface area contributed by atoms with Crippen LogP contribution in [0.2, 0.25) is 0 Å². The monoisotopic (exact) mass is 254 g/mol. The Labute approximate surface area is 108 Å². The highest BCUT2D eigenvalue weighted by molar-refractivity contribution is 5.81. The van der Waals surface area contributed by atoms with Gasteiger partial charge in [0, 0.05) is 5.56 Å². The van der Waals surface area contributed by atoms with Gasteiger partial charge in [0.15, 0.2) is 5.76 Å². The van der Waals surface area contributed by atoms with Crippen LogP contribution < -0.4 is 10.3 Å². The molecule has 19 heavy (non-hydrogen) atoms. The van der Waals surface area contributed by atoms with Crippen molar-refractivity contribution < 1.29 is 14.6 Å². The molecular formula is C15H10O4. The van der Waals surface area contributed by atoms with Gasteiger partial charge in [0.05, 0.1) is 5.39 Å². The molecule has 0 atom stereocenters. The average Bonchev–Trinajstić information content (AvgIpc) is 2.48. The molecule has 3 rings (SSSR count). The Balaban J connectivity index is 2.39. The first-order valence-electron chi connectivity index (χ1n) is 5.74. The zero-order chi connectivity index (χ0) is 13.2. The lowest BCUT2D eigenvalue weighted by Crippen LogP contribution is -2.07. The van der Waals surface area contributed by atoms with Crippen molar-refractivity contribution in [3.05, 3.63) is 64.8 Å². The first kappa shape index (κ1) is 11.5. The van der Waals surface area contributed by atoms with Crippen LogP contribution in [0, 0.1) is 0 Å². The molecule has 0 aliphatic carbocycles. The molecule has 0 saturated carbocycles. The maximum Gasteiger partial charge on any atom is 0.255 e. The summed E-state index contributed by atoms with van der Waals surface area (Å²) >= 11 is 0. The standard InChI is InChI=1S/C15H10O4/c16-13-11-8-4-5-9-12(11)18-14(15(13)19-17)10-6-2-1-3-7-10/h1-9,17H. The van der Waals surface area contributed by atoms with Gasteiger partial charge in [-0.25, -0.2) is 5.26 Å². The minimum Gasteiger partial charge on any atom is -0.452 e. The molecule has 1 N–H and O–H groups in total. The van der Waals surface area contributed by atoms with Crippen molar-refractivity contribution in [3.8, 4) is 17.1 Å². The minimum atomic E-state index is -0.400. The van der Waals surface area contributed by atoms with E-state index in [9.17, 15) is 4.79 Å². The molecule has 0 radical (unpaired) electrons. The fraction of sp³-hybridized carbons (Fsp3) is 0. The molecule has 3 aromatic rings. The third-order valence-corrected chi connectivity index (χ3v) is 2.88. The molecule has 0 aliphatic rings. The van der Waals surface area contributed by atoms with E-state index < -0.39 is 5.43 Å². The van der Waals surface area contributed by atoms with Crippen molar-refractivity contribution in [2.24, 2.45) is 0 Å². The molecular weight excluding hydrogens is 244 g/mol. The van der Waals surface area contributed by atoms with E-state index in [2.05, 4.69) is 4.89 Å².